The van der Waals surface area contributed by atoms with Gasteiger partial charge < -0.3 is 0 Å². The van der Waals surface area contributed by atoms with Crippen LogP contribution in [-0.2, 0) is 5.75 Å². The van der Waals surface area contributed by atoms with Gasteiger partial charge in [-0.25, -0.2) is 0 Å². The molecule has 5 heteroatoms. The van der Waals surface area contributed by atoms with E-state index in [2.05, 4.69) is 0 Å². The van der Waals surface area contributed by atoms with Crippen LogP contribution in [0.1, 0.15) is 15.9 Å². The van der Waals surface area contributed by atoms with Gasteiger partial charge in [-0.2, -0.15) is 0 Å². The van der Waals surface area contributed by atoms with Crippen molar-refractivity contribution in [3.8, 4) is 0 Å². The van der Waals surface area contributed by atoms with E-state index in [0.717, 1.165) is 10.6 Å². The Morgan fingerprint density at radius 3 is 2.53 bits per heavy atom. The van der Waals surface area contributed by atoms with Crippen molar-refractivity contribution in [1.29, 1.82) is 0 Å². The molecule has 96 valence electrons. The van der Waals surface area contributed by atoms with Gasteiger partial charge in [0.05, 0.1) is 10.5 Å². The van der Waals surface area contributed by atoms with Crippen molar-refractivity contribution < 1.29 is 9.72 Å². The fourth-order valence-electron chi connectivity index (χ4n) is 1.62. The molecule has 0 atom stereocenters. The molecule has 0 bridgehead atoms. The summed E-state index contributed by atoms with van der Waals surface area (Å²) in [6, 6.07) is 14.5. The van der Waals surface area contributed by atoms with E-state index in [9.17, 15) is 14.9 Å². The van der Waals surface area contributed by atoms with Crippen LogP contribution in [0.4, 0.5) is 5.69 Å². The first-order valence-electron chi connectivity index (χ1n) is 5.61. The maximum absolute atomic E-state index is 10.8. The normalized spacial score (nSPS) is 10.1. The predicted octanol–water partition coefficient (Wildman–Crippen LogP) is 3.70. The Morgan fingerprint density at radius 1 is 1.16 bits per heavy atom. The number of thioether (sulfide) groups is 1. The molecule has 0 heterocycles. The van der Waals surface area contributed by atoms with Crippen LogP contribution in [0.5, 0.6) is 0 Å². The summed E-state index contributed by atoms with van der Waals surface area (Å²) in [4.78, 5) is 21.9. The summed E-state index contributed by atoms with van der Waals surface area (Å²) < 4.78 is 0. The highest BCUT2D eigenvalue weighted by molar-refractivity contribution is 7.98. The maximum atomic E-state index is 10.8. The highest BCUT2D eigenvalue weighted by atomic mass is 32.2. The molecule has 0 aromatic heterocycles. The van der Waals surface area contributed by atoms with Crippen LogP contribution in [0, 0.1) is 10.1 Å². The lowest BCUT2D eigenvalue weighted by Crippen LogP contribution is -1.94. The molecular weight excluding hydrogens is 262 g/mol. The number of hydrogen-bond donors (Lipinski definition) is 0. The van der Waals surface area contributed by atoms with E-state index in [0.29, 0.717) is 6.29 Å². The van der Waals surface area contributed by atoms with Crippen molar-refractivity contribution >= 4 is 23.7 Å². The quantitative estimate of drug-likeness (QED) is 0.361. The van der Waals surface area contributed by atoms with E-state index in [1.54, 1.807) is 23.9 Å². The van der Waals surface area contributed by atoms with Gasteiger partial charge in [-0.3, -0.25) is 14.9 Å². The summed E-state index contributed by atoms with van der Waals surface area (Å²) in [6.07, 6.45) is 0.519. The third-order valence-corrected chi connectivity index (χ3v) is 3.64. The lowest BCUT2D eigenvalue weighted by molar-refractivity contribution is -0.385. The zero-order valence-electron chi connectivity index (χ0n) is 9.98. The largest absolute Gasteiger partial charge is 0.298 e. The number of carbonyl (C=O) groups excluding carboxylic acids is 1. The minimum Gasteiger partial charge on any atom is -0.298 e. The van der Waals surface area contributed by atoms with Crippen molar-refractivity contribution in [2.24, 2.45) is 0 Å². The molecule has 0 amide bonds. The molecule has 2 aromatic carbocycles. The van der Waals surface area contributed by atoms with Crippen molar-refractivity contribution in [2.45, 2.75) is 10.6 Å². The number of aldehydes is 1. The van der Waals surface area contributed by atoms with Gasteiger partial charge in [0.25, 0.3) is 5.69 Å². The van der Waals surface area contributed by atoms with E-state index < -0.39 is 4.92 Å². The van der Waals surface area contributed by atoms with Crippen molar-refractivity contribution in [2.75, 3.05) is 0 Å². The standard InChI is InChI=1S/C14H11NO3S/c16-9-12-8-13(6-7-14(12)15(17)18)19-10-11-4-2-1-3-5-11/h1-9H,10H2. The third-order valence-electron chi connectivity index (χ3n) is 2.57. The van der Waals surface area contributed by atoms with E-state index in [1.165, 1.54) is 11.6 Å². The van der Waals surface area contributed by atoms with Gasteiger partial charge in [-0.05, 0) is 17.7 Å². The monoisotopic (exact) mass is 273 g/mol. The van der Waals surface area contributed by atoms with Gasteiger partial charge in [0.1, 0.15) is 0 Å². The van der Waals surface area contributed by atoms with Crippen LogP contribution < -0.4 is 0 Å². The second kappa shape index (κ2) is 6.15. The summed E-state index contributed by atoms with van der Waals surface area (Å²) in [5, 5.41) is 10.7. The summed E-state index contributed by atoms with van der Waals surface area (Å²) in [6.45, 7) is 0. The maximum Gasteiger partial charge on any atom is 0.279 e. The number of carbonyl (C=O) groups is 1. The zero-order chi connectivity index (χ0) is 13.7. The van der Waals surface area contributed by atoms with Gasteiger partial charge >= 0.3 is 0 Å². The minimum absolute atomic E-state index is 0.114. The van der Waals surface area contributed by atoms with Crippen molar-refractivity contribution in [1.82, 2.24) is 0 Å². The molecular formula is C14H11NO3S. The predicted molar refractivity (Wildman–Crippen MR) is 74.5 cm³/mol. The number of rotatable bonds is 5. The van der Waals surface area contributed by atoms with Crippen LogP contribution in [-0.4, -0.2) is 11.2 Å². The first kappa shape index (κ1) is 13.3. The van der Waals surface area contributed by atoms with Crippen LogP contribution in [0.3, 0.4) is 0 Å². The Balaban J connectivity index is 2.13. The SMILES string of the molecule is O=Cc1cc(SCc2ccccc2)ccc1[N+](=O)[O-]. The average Bonchev–Trinajstić information content (AvgIpc) is 2.45. The van der Waals surface area contributed by atoms with Crippen molar-refractivity contribution in [3.05, 3.63) is 69.8 Å². The summed E-state index contributed by atoms with van der Waals surface area (Å²) in [7, 11) is 0. The smallest absolute Gasteiger partial charge is 0.279 e. The number of hydrogen-bond acceptors (Lipinski definition) is 4. The van der Waals surface area contributed by atoms with Gasteiger partial charge in [-0.1, -0.05) is 30.3 Å². The Hall–Kier alpha value is -2.14. The van der Waals surface area contributed by atoms with Crippen LogP contribution in [0.15, 0.2) is 53.4 Å². The topological polar surface area (TPSA) is 60.2 Å². The molecule has 0 fully saturated rings. The lowest BCUT2D eigenvalue weighted by atomic mass is 10.2. The molecule has 0 aliphatic carbocycles. The molecule has 0 aliphatic heterocycles. The summed E-state index contributed by atoms with van der Waals surface area (Å²) >= 11 is 1.54. The second-order valence-electron chi connectivity index (χ2n) is 3.87. The number of benzene rings is 2. The molecule has 0 radical (unpaired) electrons. The van der Waals surface area contributed by atoms with Gasteiger partial charge in [0.15, 0.2) is 6.29 Å². The fraction of sp³-hybridized carbons (Fsp3) is 0.0714. The highest BCUT2D eigenvalue weighted by Gasteiger charge is 2.13. The summed E-state index contributed by atoms with van der Waals surface area (Å²) in [5.74, 6) is 0.761. The third kappa shape index (κ3) is 3.42. The van der Waals surface area contributed by atoms with E-state index in [-0.39, 0.29) is 11.3 Å². The Labute approximate surface area is 114 Å². The number of nitro benzene ring substituents is 1. The number of nitro groups is 1. The first-order chi connectivity index (χ1) is 9.20. The second-order valence-corrected chi connectivity index (χ2v) is 4.92. The van der Waals surface area contributed by atoms with E-state index >= 15 is 0 Å². The van der Waals surface area contributed by atoms with E-state index in [1.807, 2.05) is 30.3 Å². The van der Waals surface area contributed by atoms with Crippen LogP contribution in [0.2, 0.25) is 0 Å². The highest BCUT2D eigenvalue weighted by Crippen LogP contribution is 2.27. The molecule has 0 aliphatic rings. The first-order valence-corrected chi connectivity index (χ1v) is 6.59. The molecule has 0 N–H and O–H groups in total. The molecule has 4 nitrogen and oxygen atoms in total. The molecule has 2 aromatic rings. The van der Waals surface area contributed by atoms with Crippen LogP contribution in [0.25, 0.3) is 0 Å². The lowest BCUT2D eigenvalue weighted by Gasteiger charge is -2.03. The molecule has 2 rings (SSSR count). The summed E-state index contributed by atoms with van der Waals surface area (Å²) in [5.41, 5.74) is 1.13. The van der Waals surface area contributed by atoms with Crippen LogP contribution >= 0.6 is 11.8 Å². The molecule has 0 saturated carbocycles. The zero-order valence-corrected chi connectivity index (χ0v) is 10.8. The van der Waals surface area contributed by atoms with Gasteiger partial charge in [-0.15, -0.1) is 11.8 Å². The molecule has 0 unspecified atom stereocenters. The molecule has 0 saturated heterocycles. The Morgan fingerprint density at radius 2 is 1.89 bits per heavy atom. The van der Waals surface area contributed by atoms with E-state index in [4.69, 9.17) is 0 Å². The van der Waals surface area contributed by atoms with Crippen molar-refractivity contribution in [3.63, 3.8) is 0 Å². The molecule has 19 heavy (non-hydrogen) atoms. The Kier molecular flexibility index (Phi) is 4.30. The molecule has 0 spiro atoms. The van der Waals surface area contributed by atoms with Gasteiger partial charge in [0, 0.05) is 16.7 Å². The average molecular weight is 273 g/mol. The Bertz CT molecular complexity index is 599. The number of nitrogens with zero attached hydrogens (tertiary/aromatic N) is 1. The fourth-order valence-corrected chi connectivity index (χ4v) is 2.52. The minimum atomic E-state index is -0.546. The van der Waals surface area contributed by atoms with Gasteiger partial charge in [0.2, 0.25) is 0 Å².